The molecule has 5 heteroatoms. The predicted molar refractivity (Wildman–Crippen MR) is 102 cm³/mol. The van der Waals surface area contributed by atoms with Gasteiger partial charge in [0.15, 0.2) is 0 Å². The van der Waals surface area contributed by atoms with E-state index in [1.165, 1.54) is 0 Å². The smallest absolute Gasteiger partial charge is 0.230 e. The number of pyridine rings is 3. The molecule has 26 heavy (non-hydrogen) atoms. The van der Waals surface area contributed by atoms with Crippen molar-refractivity contribution in [1.29, 1.82) is 0 Å². The van der Waals surface area contributed by atoms with Crippen LogP contribution in [-0.4, -0.2) is 20.9 Å². The Morgan fingerprint density at radius 2 is 1.88 bits per heavy atom. The van der Waals surface area contributed by atoms with Crippen LogP contribution in [0, 0.1) is 0 Å². The summed E-state index contributed by atoms with van der Waals surface area (Å²) in [4.78, 5) is 25.4. The number of rotatable bonds is 4. The lowest BCUT2D eigenvalue weighted by atomic mass is 10.0. The molecular formula is C21H16N4O. The highest BCUT2D eigenvalue weighted by molar-refractivity contribution is 5.95. The van der Waals surface area contributed by atoms with Crippen LogP contribution in [0.2, 0.25) is 0 Å². The van der Waals surface area contributed by atoms with Gasteiger partial charge in [0, 0.05) is 29.5 Å². The number of carbonyl (C=O) groups is 1. The quantitative estimate of drug-likeness (QED) is 0.612. The molecule has 3 aromatic heterocycles. The Kier molecular flexibility index (Phi) is 4.35. The third-order valence-electron chi connectivity index (χ3n) is 4.04. The molecule has 4 rings (SSSR count). The zero-order valence-electron chi connectivity index (χ0n) is 14.0. The number of amides is 1. The molecule has 0 radical (unpaired) electrons. The fourth-order valence-electron chi connectivity index (χ4n) is 2.82. The third kappa shape index (κ3) is 3.42. The van der Waals surface area contributed by atoms with Crippen LogP contribution in [-0.2, 0) is 11.2 Å². The highest BCUT2D eigenvalue weighted by atomic mass is 16.1. The first-order chi connectivity index (χ1) is 12.8. The maximum Gasteiger partial charge on any atom is 0.230 e. The van der Waals surface area contributed by atoms with Gasteiger partial charge in [-0.25, -0.2) is 9.97 Å². The van der Waals surface area contributed by atoms with Gasteiger partial charge in [0.1, 0.15) is 5.82 Å². The van der Waals surface area contributed by atoms with E-state index in [2.05, 4.69) is 15.3 Å². The van der Waals surface area contributed by atoms with Crippen molar-refractivity contribution in [2.75, 3.05) is 5.32 Å². The Bertz CT molecular complexity index is 1050. The molecule has 1 N–H and O–H groups in total. The van der Waals surface area contributed by atoms with Gasteiger partial charge in [0.25, 0.3) is 0 Å². The summed E-state index contributed by atoms with van der Waals surface area (Å²) < 4.78 is 0. The van der Waals surface area contributed by atoms with Crippen molar-refractivity contribution in [3.05, 3.63) is 84.8 Å². The number of nitrogens with one attached hydrogen (secondary N) is 1. The topological polar surface area (TPSA) is 67.8 Å². The van der Waals surface area contributed by atoms with Crippen molar-refractivity contribution in [3.8, 4) is 11.3 Å². The maximum absolute atomic E-state index is 12.4. The first kappa shape index (κ1) is 15.9. The van der Waals surface area contributed by atoms with Gasteiger partial charge in [-0.15, -0.1) is 0 Å². The van der Waals surface area contributed by atoms with Crippen LogP contribution in [0.1, 0.15) is 5.56 Å². The number of carbonyl (C=O) groups excluding carboxylic acids is 1. The normalized spacial score (nSPS) is 10.6. The van der Waals surface area contributed by atoms with E-state index in [4.69, 9.17) is 4.98 Å². The summed E-state index contributed by atoms with van der Waals surface area (Å²) in [6, 6.07) is 19.1. The molecule has 0 spiro atoms. The molecule has 5 nitrogen and oxygen atoms in total. The van der Waals surface area contributed by atoms with Crippen molar-refractivity contribution < 1.29 is 4.79 Å². The second-order valence-electron chi connectivity index (χ2n) is 5.87. The second kappa shape index (κ2) is 7.11. The average molecular weight is 340 g/mol. The zero-order valence-corrected chi connectivity index (χ0v) is 14.0. The molecular weight excluding hydrogens is 324 g/mol. The van der Waals surface area contributed by atoms with Gasteiger partial charge in [0.05, 0.1) is 17.6 Å². The summed E-state index contributed by atoms with van der Waals surface area (Å²) >= 11 is 0. The summed E-state index contributed by atoms with van der Waals surface area (Å²) in [6.45, 7) is 0. The van der Waals surface area contributed by atoms with Gasteiger partial charge in [0.2, 0.25) is 5.91 Å². The molecule has 0 aliphatic heterocycles. The zero-order chi connectivity index (χ0) is 17.8. The van der Waals surface area contributed by atoms with E-state index in [-0.39, 0.29) is 12.3 Å². The summed E-state index contributed by atoms with van der Waals surface area (Å²) in [6.07, 6.45) is 5.40. The fourth-order valence-corrected chi connectivity index (χ4v) is 2.82. The lowest BCUT2D eigenvalue weighted by Gasteiger charge is -2.09. The minimum absolute atomic E-state index is 0.121. The summed E-state index contributed by atoms with van der Waals surface area (Å²) in [5.74, 6) is 0.423. The number of fused-ring (bicyclic) bond motifs is 1. The van der Waals surface area contributed by atoms with Crippen molar-refractivity contribution in [3.63, 3.8) is 0 Å². The van der Waals surface area contributed by atoms with Crippen LogP contribution in [0.5, 0.6) is 0 Å². The van der Waals surface area contributed by atoms with Crippen molar-refractivity contribution in [2.45, 2.75) is 6.42 Å². The van der Waals surface area contributed by atoms with Gasteiger partial charge >= 0.3 is 0 Å². The van der Waals surface area contributed by atoms with E-state index in [9.17, 15) is 4.79 Å². The molecule has 0 fully saturated rings. The van der Waals surface area contributed by atoms with Crippen LogP contribution in [0.15, 0.2) is 79.3 Å². The molecule has 0 bridgehead atoms. The van der Waals surface area contributed by atoms with Crippen molar-refractivity contribution in [2.24, 2.45) is 0 Å². The van der Waals surface area contributed by atoms with Gasteiger partial charge in [-0.05, 0) is 35.9 Å². The predicted octanol–water partition coefficient (Wildman–Crippen LogP) is 3.87. The molecule has 3 heterocycles. The molecule has 1 aromatic carbocycles. The number of benzene rings is 1. The minimum atomic E-state index is -0.121. The summed E-state index contributed by atoms with van der Waals surface area (Å²) in [5, 5.41) is 3.81. The first-order valence-electron chi connectivity index (χ1n) is 8.29. The molecule has 4 aromatic rings. The van der Waals surface area contributed by atoms with Crippen LogP contribution < -0.4 is 5.32 Å². The molecule has 0 aliphatic rings. The lowest BCUT2D eigenvalue weighted by Crippen LogP contribution is -2.15. The number of nitrogens with zero attached hydrogens (tertiary/aromatic N) is 3. The van der Waals surface area contributed by atoms with Gasteiger partial charge in [-0.2, -0.15) is 0 Å². The number of hydrogen-bond acceptors (Lipinski definition) is 4. The monoisotopic (exact) mass is 340 g/mol. The number of aromatic nitrogens is 3. The number of hydrogen-bond donors (Lipinski definition) is 1. The lowest BCUT2D eigenvalue weighted by molar-refractivity contribution is -0.115. The third-order valence-corrected chi connectivity index (χ3v) is 4.04. The van der Waals surface area contributed by atoms with Crippen LogP contribution in [0.3, 0.4) is 0 Å². The largest absolute Gasteiger partial charge is 0.310 e. The Morgan fingerprint density at radius 1 is 0.923 bits per heavy atom. The Hall–Kier alpha value is -3.60. The molecule has 0 aliphatic carbocycles. The van der Waals surface area contributed by atoms with Gasteiger partial charge in [-0.1, -0.05) is 30.3 Å². The molecule has 0 atom stereocenters. The van der Waals surface area contributed by atoms with Crippen molar-refractivity contribution >= 4 is 22.6 Å². The van der Waals surface area contributed by atoms with Gasteiger partial charge in [-0.3, -0.25) is 9.78 Å². The minimum Gasteiger partial charge on any atom is -0.310 e. The Morgan fingerprint density at radius 3 is 2.69 bits per heavy atom. The standard InChI is InChI=1S/C21H16N4O/c26-20(25-19-8-1-2-12-23-19)13-16-6-3-5-15-9-10-18(24-21(15)16)17-7-4-11-22-14-17/h1-12,14H,13H2,(H,23,25,26). The average Bonchev–Trinajstić information content (AvgIpc) is 2.69. The van der Waals surface area contributed by atoms with E-state index >= 15 is 0 Å². The van der Waals surface area contributed by atoms with E-state index in [1.54, 1.807) is 24.7 Å². The van der Waals surface area contributed by atoms with E-state index in [1.807, 2.05) is 54.6 Å². The molecule has 1 amide bonds. The van der Waals surface area contributed by atoms with Gasteiger partial charge < -0.3 is 5.32 Å². The maximum atomic E-state index is 12.4. The Balaban J connectivity index is 1.65. The van der Waals surface area contributed by atoms with Crippen LogP contribution >= 0.6 is 0 Å². The fraction of sp³-hybridized carbons (Fsp3) is 0.0476. The van der Waals surface area contributed by atoms with Crippen molar-refractivity contribution in [1.82, 2.24) is 15.0 Å². The molecule has 0 saturated carbocycles. The summed E-state index contributed by atoms with van der Waals surface area (Å²) in [5.41, 5.74) is 3.48. The SMILES string of the molecule is O=C(Cc1cccc2ccc(-c3cccnc3)nc12)Nc1ccccn1. The van der Waals surface area contributed by atoms with E-state index < -0.39 is 0 Å². The molecule has 126 valence electrons. The molecule has 0 saturated heterocycles. The van der Waals surface area contributed by atoms with Crippen LogP contribution in [0.25, 0.3) is 22.2 Å². The number of anilines is 1. The highest BCUT2D eigenvalue weighted by Crippen LogP contribution is 2.23. The number of para-hydroxylation sites is 1. The molecule has 0 unspecified atom stereocenters. The van der Waals surface area contributed by atoms with E-state index in [0.29, 0.717) is 5.82 Å². The van der Waals surface area contributed by atoms with E-state index in [0.717, 1.165) is 27.7 Å². The Labute approximate surface area is 150 Å². The highest BCUT2D eigenvalue weighted by Gasteiger charge is 2.10. The summed E-state index contributed by atoms with van der Waals surface area (Å²) in [7, 11) is 0. The first-order valence-corrected chi connectivity index (χ1v) is 8.29. The second-order valence-corrected chi connectivity index (χ2v) is 5.87. The van der Waals surface area contributed by atoms with Crippen LogP contribution in [0.4, 0.5) is 5.82 Å².